The molecule has 0 bridgehead atoms. The highest BCUT2D eigenvalue weighted by molar-refractivity contribution is 6.18. The zero-order valence-electron chi connectivity index (χ0n) is 10.7. The smallest absolute Gasteiger partial charge is 0.293 e. The van der Waals surface area contributed by atoms with Crippen molar-refractivity contribution in [2.45, 2.75) is 13.5 Å². The number of aryl methyl sites for hydroxylation is 1. The molecule has 0 spiro atoms. The number of piperazine rings is 1. The lowest BCUT2D eigenvalue weighted by atomic mass is 10.3. The summed E-state index contributed by atoms with van der Waals surface area (Å²) in [6, 6.07) is 0. The second-order valence-corrected chi connectivity index (χ2v) is 4.74. The van der Waals surface area contributed by atoms with E-state index in [2.05, 4.69) is 14.8 Å². The van der Waals surface area contributed by atoms with Crippen LogP contribution in [-0.4, -0.2) is 53.1 Å². The first kappa shape index (κ1) is 13.4. The van der Waals surface area contributed by atoms with Crippen molar-refractivity contribution in [2.24, 2.45) is 0 Å². The lowest BCUT2D eigenvalue weighted by Crippen LogP contribution is -2.49. The number of anilines is 1. The van der Waals surface area contributed by atoms with Crippen LogP contribution in [0.2, 0.25) is 0 Å². The number of rotatable bonds is 4. The molecule has 1 aliphatic rings. The van der Waals surface area contributed by atoms with E-state index in [0.29, 0.717) is 18.2 Å². The van der Waals surface area contributed by atoms with Gasteiger partial charge >= 0.3 is 0 Å². The van der Waals surface area contributed by atoms with Gasteiger partial charge in [0.25, 0.3) is 5.56 Å². The van der Waals surface area contributed by atoms with Gasteiger partial charge in [0.15, 0.2) is 5.82 Å². The molecule has 0 saturated carbocycles. The molecule has 6 heteroatoms. The molecule has 0 aliphatic carbocycles. The third-order valence-corrected chi connectivity index (χ3v) is 3.48. The first-order valence-corrected chi connectivity index (χ1v) is 6.88. The fourth-order valence-electron chi connectivity index (χ4n) is 2.20. The molecule has 0 radical (unpaired) electrons. The molecule has 2 heterocycles. The van der Waals surface area contributed by atoms with Crippen LogP contribution in [0.25, 0.3) is 0 Å². The summed E-state index contributed by atoms with van der Waals surface area (Å²) >= 11 is 5.73. The van der Waals surface area contributed by atoms with Crippen molar-refractivity contribution < 1.29 is 0 Å². The van der Waals surface area contributed by atoms with Gasteiger partial charge in [-0.2, -0.15) is 0 Å². The number of hydrogen-bond acceptors (Lipinski definition) is 4. The third kappa shape index (κ3) is 2.84. The summed E-state index contributed by atoms with van der Waals surface area (Å²) in [5, 5.41) is 0. The highest BCUT2D eigenvalue weighted by Crippen LogP contribution is 2.08. The van der Waals surface area contributed by atoms with Gasteiger partial charge in [-0.3, -0.25) is 9.69 Å². The fourth-order valence-corrected chi connectivity index (χ4v) is 2.44. The summed E-state index contributed by atoms with van der Waals surface area (Å²) in [5.74, 6) is 1.23. The van der Waals surface area contributed by atoms with Crippen molar-refractivity contribution in [3.05, 3.63) is 22.7 Å². The number of nitrogens with zero attached hydrogens (tertiary/aromatic N) is 4. The summed E-state index contributed by atoms with van der Waals surface area (Å²) in [6.45, 7) is 7.12. The number of alkyl halides is 1. The van der Waals surface area contributed by atoms with Crippen LogP contribution in [0, 0.1) is 0 Å². The van der Waals surface area contributed by atoms with E-state index in [4.69, 9.17) is 11.6 Å². The Hall–Kier alpha value is -1.07. The molecule has 18 heavy (non-hydrogen) atoms. The molecule has 100 valence electrons. The summed E-state index contributed by atoms with van der Waals surface area (Å²) in [6.07, 6.45) is 3.43. The minimum atomic E-state index is 0.00536. The van der Waals surface area contributed by atoms with Crippen molar-refractivity contribution in [1.82, 2.24) is 14.5 Å². The maximum atomic E-state index is 12.1. The quantitative estimate of drug-likeness (QED) is 0.753. The van der Waals surface area contributed by atoms with E-state index in [1.54, 1.807) is 17.0 Å². The number of aromatic nitrogens is 2. The van der Waals surface area contributed by atoms with Crippen LogP contribution in [0.15, 0.2) is 17.2 Å². The standard InChI is InChI=1S/C12H19ClN4O/c1-2-16-6-4-14-11(12(16)18)17-9-7-15(5-3-13)8-10-17/h4,6H,2-3,5,7-10H2,1H3. The molecular weight excluding hydrogens is 252 g/mol. The molecule has 0 N–H and O–H groups in total. The average Bonchev–Trinajstić information content (AvgIpc) is 2.41. The monoisotopic (exact) mass is 270 g/mol. The van der Waals surface area contributed by atoms with Crippen molar-refractivity contribution in [3.8, 4) is 0 Å². The minimum Gasteiger partial charge on any atom is -0.349 e. The average molecular weight is 271 g/mol. The Morgan fingerprint density at radius 3 is 2.67 bits per heavy atom. The molecule has 1 aliphatic heterocycles. The van der Waals surface area contributed by atoms with Gasteiger partial charge in [0.1, 0.15) is 0 Å². The van der Waals surface area contributed by atoms with Crippen LogP contribution in [0.3, 0.4) is 0 Å². The van der Waals surface area contributed by atoms with Gasteiger partial charge in [0, 0.05) is 57.5 Å². The van der Waals surface area contributed by atoms with Crippen molar-refractivity contribution in [1.29, 1.82) is 0 Å². The summed E-state index contributed by atoms with van der Waals surface area (Å²) in [4.78, 5) is 20.7. The van der Waals surface area contributed by atoms with E-state index in [9.17, 15) is 4.79 Å². The first-order chi connectivity index (χ1) is 8.76. The summed E-state index contributed by atoms with van der Waals surface area (Å²) in [7, 11) is 0. The summed E-state index contributed by atoms with van der Waals surface area (Å²) < 4.78 is 1.69. The number of halogens is 1. The Bertz CT molecular complexity index is 440. The van der Waals surface area contributed by atoms with E-state index in [1.165, 1.54) is 0 Å². The van der Waals surface area contributed by atoms with Crippen molar-refractivity contribution in [3.63, 3.8) is 0 Å². The zero-order chi connectivity index (χ0) is 13.0. The van der Waals surface area contributed by atoms with Gasteiger partial charge < -0.3 is 9.47 Å². The Balaban J connectivity index is 2.08. The molecule has 0 amide bonds. The largest absolute Gasteiger partial charge is 0.349 e. The van der Waals surface area contributed by atoms with Crippen LogP contribution in [0.1, 0.15) is 6.92 Å². The normalized spacial score (nSPS) is 17.1. The Morgan fingerprint density at radius 1 is 1.33 bits per heavy atom. The second-order valence-electron chi connectivity index (χ2n) is 4.36. The van der Waals surface area contributed by atoms with Crippen LogP contribution in [0.4, 0.5) is 5.82 Å². The number of hydrogen-bond donors (Lipinski definition) is 0. The molecule has 2 rings (SSSR count). The molecule has 1 saturated heterocycles. The summed E-state index contributed by atoms with van der Waals surface area (Å²) in [5.41, 5.74) is 0.00536. The molecule has 0 aromatic carbocycles. The predicted octanol–water partition coefficient (Wildman–Crippen LogP) is 0.624. The molecule has 1 fully saturated rings. The van der Waals surface area contributed by atoms with E-state index < -0.39 is 0 Å². The molecular formula is C12H19ClN4O. The van der Waals surface area contributed by atoms with E-state index in [0.717, 1.165) is 32.7 Å². The second kappa shape index (κ2) is 6.20. The van der Waals surface area contributed by atoms with Gasteiger partial charge in [-0.25, -0.2) is 4.98 Å². The van der Waals surface area contributed by atoms with Gasteiger partial charge in [0.2, 0.25) is 0 Å². The van der Waals surface area contributed by atoms with Crippen molar-refractivity contribution >= 4 is 17.4 Å². The maximum Gasteiger partial charge on any atom is 0.293 e. The Labute approximate surface area is 112 Å². The molecule has 0 atom stereocenters. The Kier molecular flexibility index (Phi) is 4.60. The highest BCUT2D eigenvalue weighted by atomic mass is 35.5. The Morgan fingerprint density at radius 2 is 2.06 bits per heavy atom. The predicted molar refractivity (Wildman–Crippen MR) is 73.5 cm³/mol. The topological polar surface area (TPSA) is 41.4 Å². The van der Waals surface area contributed by atoms with Gasteiger partial charge in [0.05, 0.1) is 0 Å². The van der Waals surface area contributed by atoms with Crippen molar-refractivity contribution in [2.75, 3.05) is 43.5 Å². The minimum absolute atomic E-state index is 0.00536. The molecule has 1 aromatic heterocycles. The lowest BCUT2D eigenvalue weighted by molar-refractivity contribution is 0.271. The molecule has 5 nitrogen and oxygen atoms in total. The fraction of sp³-hybridized carbons (Fsp3) is 0.667. The van der Waals surface area contributed by atoms with Gasteiger partial charge in [-0.1, -0.05) is 0 Å². The first-order valence-electron chi connectivity index (χ1n) is 6.35. The van der Waals surface area contributed by atoms with Gasteiger partial charge in [-0.05, 0) is 6.92 Å². The van der Waals surface area contributed by atoms with Crippen LogP contribution < -0.4 is 10.5 Å². The lowest BCUT2D eigenvalue weighted by Gasteiger charge is -2.34. The van der Waals surface area contributed by atoms with Crippen LogP contribution in [-0.2, 0) is 6.54 Å². The SMILES string of the molecule is CCn1ccnc(N2CCN(CCCl)CC2)c1=O. The van der Waals surface area contributed by atoms with E-state index in [1.807, 2.05) is 6.92 Å². The molecule has 1 aromatic rings. The van der Waals surface area contributed by atoms with E-state index in [-0.39, 0.29) is 5.56 Å². The molecule has 0 unspecified atom stereocenters. The van der Waals surface area contributed by atoms with Crippen LogP contribution >= 0.6 is 11.6 Å². The van der Waals surface area contributed by atoms with Gasteiger partial charge in [-0.15, -0.1) is 11.6 Å². The van der Waals surface area contributed by atoms with E-state index >= 15 is 0 Å². The van der Waals surface area contributed by atoms with Crippen LogP contribution in [0.5, 0.6) is 0 Å². The highest BCUT2D eigenvalue weighted by Gasteiger charge is 2.19. The maximum absolute atomic E-state index is 12.1. The zero-order valence-corrected chi connectivity index (χ0v) is 11.4. The third-order valence-electron chi connectivity index (χ3n) is 3.31.